The van der Waals surface area contributed by atoms with E-state index in [2.05, 4.69) is 10.1 Å². The summed E-state index contributed by atoms with van der Waals surface area (Å²) in [6.07, 6.45) is 2.85. The number of hydrogen-bond donors (Lipinski definition) is 0. The predicted octanol–water partition coefficient (Wildman–Crippen LogP) is 2.01. The van der Waals surface area contributed by atoms with Crippen LogP contribution in [0.15, 0.2) is 24.4 Å². The molecule has 0 atom stereocenters. The lowest BCUT2D eigenvalue weighted by atomic mass is 10.1. The number of esters is 2. The summed E-state index contributed by atoms with van der Waals surface area (Å²) >= 11 is 5.83. The molecule has 0 bridgehead atoms. The van der Waals surface area contributed by atoms with Crippen LogP contribution in [0.4, 0.5) is 0 Å². The second-order valence-electron chi connectivity index (χ2n) is 6.07. The van der Waals surface area contributed by atoms with Gasteiger partial charge in [-0.2, -0.15) is 0 Å². The third-order valence-electron chi connectivity index (χ3n) is 4.17. The molecule has 0 aromatic carbocycles. The van der Waals surface area contributed by atoms with Gasteiger partial charge < -0.3 is 14.2 Å². The topological polar surface area (TPSA) is 92.5 Å². The van der Waals surface area contributed by atoms with Crippen LogP contribution in [0.2, 0.25) is 5.02 Å². The fraction of sp³-hybridized carbons (Fsp3) is 0.412. The number of nitrogens with zero attached hydrogens (tertiary/aromatic N) is 3. The molecule has 1 saturated carbocycles. The maximum absolute atomic E-state index is 11.8. The van der Waals surface area contributed by atoms with Gasteiger partial charge in [-0.1, -0.05) is 11.6 Å². The summed E-state index contributed by atoms with van der Waals surface area (Å²) in [5, 5.41) is 4.72. The van der Waals surface area contributed by atoms with E-state index in [1.54, 1.807) is 29.9 Å². The minimum Gasteiger partial charge on any atom is -0.468 e. The van der Waals surface area contributed by atoms with Gasteiger partial charge in [-0.15, -0.1) is 5.10 Å². The van der Waals surface area contributed by atoms with Crippen molar-refractivity contribution in [3.05, 3.63) is 29.4 Å². The van der Waals surface area contributed by atoms with Crippen LogP contribution in [-0.2, 0) is 26.1 Å². The largest absolute Gasteiger partial charge is 0.468 e. The summed E-state index contributed by atoms with van der Waals surface area (Å²) < 4.78 is 16.8. The number of carbonyl (C=O) groups is 2. The van der Waals surface area contributed by atoms with Crippen LogP contribution < -0.4 is 4.74 Å². The Hall–Kier alpha value is -2.61. The van der Waals surface area contributed by atoms with Crippen LogP contribution in [0, 0.1) is 5.41 Å². The summed E-state index contributed by atoms with van der Waals surface area (Å²) in [5.74, 6) is -0.654. The zero-order valence-electron chi connectivity index (χ0n) is 14.4. The smallest absolute Gasteiger partial charge is 0.344 e. The molecule has 0 radical (unpaired) electrons. The molecule has 0 aliphatic heterocycles. The third-order valence-corrected chi connectivity index (χ3v) is 4.39. The SMILES string of the molecule is COC(=O)C1(COC(=O)COc2cc(-c3ccc(Cl)cn3)n(C)n2)CC1. The first-order valence-electron chi connectivity index (χ1n) is 7.96. The molecule has 0 saturated heterocycles. The quantitative estimate of drug-likeness (QED) is 0.679. The lowest BCUT2D eigenvalue weighted by molar-refractivity contribution is -0.156. The Bertz CT molecular complexity index is 814. The number of halogens is 1. The van der Waals surface area contributed by atoms with E-state index in [-0.39, 0.29) is 25.1 Å². The van der Waals surface area contributed by atoms with E-state index in [1.165, 1.54) is 13.3 Å². The number of carbonyl (C=O) groups excluding carboxylic acids is 2. The van der Waals surface area contributed by atoms with Gasteiger partial charge in [0.2, 0.25) is 5.88 Å². The Morgan fingerprint density at radius 2 is 2.12 bits per heavy atom. The highest BCUT2D eigenvalue weighted by atomic mass is 35.5. The van der Waals surface area contributed by atoms with Crippen molar-refractivity contribution in [1.82, 2.24) is 14.8 Å². The highest BCUT2D eigenvalue weighted by Gasteiger charge is 2.52. The average molecular weight is 380 g/mol. The second kappa shape index (κ2) is 7.33. The molecule has 1 aliphatic carbocycles. The fourth-order valence-electron chi connectivity index (χ4n) is 2.45. The lowest BCUT2D eigenvalue weighted by Crippen LogP contribution is -2.26. The van der Waals surface area contributed by atoms with E-state index in [9.17, 15) is 9.59 Å². The van der Waals surface area contributed by atoms with Crippen LogP contribution >= 0.6 is 11.6 Å². The number of pyridine rings is 1. The highest BCUT2D eigenvalue weighted by molar-refractivity contribution is 6.30. The average Bonchev–Trinajstić information content (AvgIpc) is 3.35. The van der Waals surface area contributed by atoms with Gasteiger partial charge in [-0.05, 0) is 25.0 Å². The summed E-state index contributed by atoms with van der Waals surface area (Å²) in [6, 6.07) is 5.16. The first-order valence-corrected chi connectivity index (χ1v) is 8.34. The van der Waals surface area contributed by atoms with Crippen molar-refractivity contribution in [1.29, 1.82) is 0 Å². The van der Waals surface area contributed by atoms with Crippen molar-refractivity contribution < 1.29 is 23.8 Å². The van der Waals surface area contributed by atoms with Gasteiger partial charge in [0, 0.05) is 19.3 Å². The molecule has 9 heteroatoms. The Morgan fingerprint density at radius 3 is 2.73 bits per heavy atom. The first kappa shape index (κ1) is 18.2. The summed E-state index contributed by atoms with van der Waals surface area (Å²) in [5.41, 5.74) is 0.714. The Labute approximate surface area is 155 Å². The standard InChI is InChI=1S/C17H18ClN3O5/c1-21-13(12-4-3-11(18)8-19-12)7-14(20-21)25-9-15(22)26-10-17(5-6-17)16(23)24-2/h3-4,7-8H,5-6,9-10H2,1-2H3. The highest BCUT2D eigenvalue weighted by Crippen LogP contribution is 2.46. The van der Waals surface area contributed by atoms with E-state index in [0.29, 0.717) is 29.3 Å². The molecule has 8 nitrogen and oxygen atoms in total. The zero-order chi connectivity index (χ0) is 18.7. The molecule has 0 amide bonds. The number of ether oxygens (including phenoxy) is 3. The molecule has 0 unspecified atom stereocenters. The van der Waals surface area contributed by atoms with Gasteiger partial charge in [0.15, 0.2) is 6.61 Å². The van der Waals surface area contributed by atoms with Crippen molar-refractivity contribution >= 4 is 23.5 Å². The monoisotopic (exact) mass is 379 g/mol. The van der Waals surface area contributed by atoms with Gasteiger partial charge in [0.05, 0.1) is 23.5 Å². The molecule has 2 aromatic rings. The summed E-state index contributed by atoms with van der Waals surface area (Å²) in [7, 11) is 3.06. The normalized spacial score (nSPS) is 14.6. The lowest BCUT2D eigenvalue weighted by Gasteiger charge is -2.12. The molecule has 1 fully saturated rings. The van der Waals surface area contributed by atoms with E-state index in [1.807, 2.05) is 0 Å². The summed E-state index contributed by atoms with van der Waals surface area (Å²) in [6.45, 7) is -0.300. The van der Waals surface area contributed by atoms with E-state index < -0.39 is 11.4 Å². The summed E-state index contributed by atoms with van der Waals surface area (Å²) in [4.78, 5) is 27.7. The van der Waals surface area contributed by atoms with Gasteiger partial charge >= 0.3 is 11.9 Å². The maximum Gasteiger partial charge on any atom is 0.344 e. The molecule has 0 N–H and O–H groups in total. The van der Waals surface area contributed by atoms with E-state index in [4.69, 9.17) is 25.8 Å². The molecule has 138 valence electrons. The molecular weight excluding hydrogens is 362 g/mol. The molecular formula is C17H18ClN3O5. The van der Waals surface area contributed by atoms with Gasteiger partial charge in [0.1, 0.15) is 12.0 Å². The fourth-order valence-corrected chi connectivity index (χ4v) is 2.56. The molecule has 0 spiro atoms. The number of rotatable bonds is 7. The zero-order valence-corrected chi connectivity index (χ0v) is 15.2. The number of hydrogen-bond acceptors (Lipinski definition) is 7. The van der Waals surface area contributed by atoms with Crippen molar-refractivity contribution in [2.24, 2.45) is 12.5 Å². The second-order valence-corrected chi connectivity index (χ2v) is 6.51. The van der Waals surface area contributed by atoms with Crippen LogP contribution in [0.3, 0.4) is 0 Å². The van der Waals surface area contributed by atoms with Crippen molar-refractivity contribution in [3.8, 4) is 17.3 Å². The van der Waals surface area contributed by atoms with Crippen molar-refractivity contribution in [2.75, 3.05) is 20.3 Å². The van der Waals surface area contributed by atoms with Crippen LogP contribution in [0.5, 0.6) is 5.88 Å². The Balaban J connectivity index is 1.53. The number of aryl methyl sites for hydroxylation is 1. The minimum absolute atomic E-state index is 0.00400. The van der Waals surface area contributed by atoms with Crippen molar-refractivity contribution in [2.45, 2.75) is 12.8 Å². The minimum atomic E-state index is -0.678. The predicted molar refractivity (Wildman–Crippen MR) is 91.6 cm³/mol. The van der Waals surface area contributed by atoms with E-state index in [0.717, 1.165) is 0 Å². The molecule has 2 heterocycles. The van der Waals surface area contributed by atoms with Gasteiger partial charge in [0.25, 0.3) is 0 Å². The molecule has 26 heavy (non-hydrogen) atoms. The van der Waals surface area contributed by atoms with Crippen LogP contribution in [0.25, 0.3) is 11.4 Å². The number of aromatic nitrogens is 3. The molecule has 3 rings (SSSR count). The first-order chi connectivity index (χ1) is 12.4. The molecule has 1 aliphatic rings. The Kier molecular flexibility index (Phi) is 5.13. The van der Waals surface area contributed by atoms with E-state index >= 15 is 0 Å². The maximum atomic E-state index is 11.8. The molecule has 2 aromatic heterocycles. The van der Waals surface area contributed by atoms with Crippen LogP contribution in [0.1, 0.15) is 12.8 Å². The number of methoxy groups -OCH3 is 1. The van der Waals surface area contributed by atoms with Gasteiger partial charge in [-0.25, -0.2) is 4.79 Å². The van der Waals surface area contributed by atoms with Crippen molar-refractivity contribution in [3.63, 3.8) is 0 Å². The third kappa shape index (κ3) is 3.96. The van der Waals surface area contributed by atoms with Gasteiger partial charge in [-0.3, -0.25) is 14.5 Å². The van der Waals surface area contributed by atoms with Crippen LogP contribution in [-0.4, -0.2) is 47.0 Å². The Morgan fingerprint density at radius 1 is 1.35 bits per heavy atom.